The quantitative estimate of drug-likeness (QED) is 0.158. The molecule has 0 saturated carbocycles. The van der Waals surface area contributed by atoms with E-state index in [4.69, 9.17) is 18.9 Å². The topological polar surface area (TPSA) is 71.1 Å². The van der Waals surface area contributed by atoms with Crippen molar-refractivity contribution in [2.45, 2.75) is 53.4 Å². The second kappa shape index (κ2) is 14.8. The molecule has 0 N–H and O–H groups in total. The SMILES string of the molecule is CCCOc1ccc(OCCC)c(C(=O)/C=C/c2cc(OCCC)c(C=O)cc2OCCC)c1. The summed E-state index contributed by atoms with van der Waals surface area (Å²) in [6, 6.07) is 8.70. The molecule has 0 radical (unpaired) electrons. The van der Waals surface area contributed by atoms with Crippen molar-refractivity contribution < 1.29 is 28.5 Å². The summed E-state index contributed by atoms with van der Waals surface area (Å²) in [6.45, 7) is 10.1. The molecule has 0 aliphatic rings. The van der Waals surface area contributed by atoms with Crippen molar-refractivity contribution in [2.24, 2.45) is 0 Å². The van der Waals surface area contributed by atoms with Crippen molar-refractivity contribution in [3.05, 3.63) is 53.1 Å². The van der Waals surface area contributed by atoms with Gasteiger partial charge in [-0.2, -0.15) is 0 Å². The monoisotopic (exact) mass is 468 g/mol. The number of hydrogen-bond donors (Lipinski definition) is 0. The minimum Gasteiger partial charge on any atom is -0.494 e. The lowest BCUT2D eigenvalue weighted by atomic mass is 10.1. The minimum atomic E-state index is -0.218. The molecule has 0 aromatic heterocycles. The van der Waals surface area contributed by atoms with E-state index in [1.807, 2.05) is 33.8 Å². The summed E-state index contributed by atoms with van der Waals surface area (Å²) < 4.78 is 23.1. The molecular formula is C28H36O6. The predicted molar refractivity (Wildman–Crippen MR) is 135 cm³/mol. The summed E-state index contributed by atoms with van der Waals surface area (Å²) in [6.07, 6.45) is 7.25. The van der Waals surface area contributed by atoms with E-state index in [0.717, 1.165) is 32.0 Å². The Morgan fingerprint density at radius 1 is 0.706 bits per heavy atom. The van der Waals surface area contributed by atoms with E-state index in [0.29, 0.717) is 66.1 Å². The molecule has 0 aliphatic carbocycles. The lowest BCUT2D eigenvalue weighted by Gasteiger charge is -2.14. The summed E-state index contributed by atoms with van der Waals surface area (Å²) >= 11 is 0. The molecule has 184 valence electrons. The Morgan fingerprint density at radius 2 is 1.24 bits per heavy atom. The van der Waals surface area contributed by atoms with Crippen LogP contribution in [0.15, 0.2) is 36.4 Å². The fourth-order valence-electron chi connectivity index (χ4n) is 3.09. The van der Waals surface area contributed by atoms with Crippen LogP contribution >= 0.6 is 0 Å². The van der Waals surface area contributed by atoms with Gasteiger partial charge in [0.15, 0.2) is 12.1 Å². The third kappa shape index (κ3) is 7.94. The first-order valence-corrected chi connectivity index (χ1v) is 12.1. The first-order valence-electron chi connectivity index (χ1n) is 12.1. The van der Waals surface area contributed by atoms with E-state index in [2.05, 4.69) is 0 Å². The third-order valence-electron chi connectivity index (χ3n) is 4.76. The number of aldehydes is 1. The van der Waals surface area contributed by atoms with Crippen molar-refractivity contribution in [3.63, 3.8) is 0 Å². The van der Waals surface area contributed by atoms with Gasteiger partial charge in [0.05, 0.1) is 37.6 Å². The van der Waals surface area contributed by atoms with Crippen LogP contribution in [0, 0.1) is 0 Å². The van der Waals surface area contributed by atoms with Crippen LogP contribution in [0.25, 0.3) is 6.08 Å². The number of ketones is 1. The normalized spacial score (nSPS) is 10.8. The molecule has 0 bridgehead atoms. The second-order valence-corrected chi connectivity index (χ2v) is 7.80. The van der Waals surface area contributed by atoms with Gasteiger partial charge in [0.1, 0.15) is 23.0 Å². The second-order valence-electron chi connectivity index (χ2n) is 7.80. The van der Waals surface area contributed by atoms with Crippen molar-refractivity contribution in [1.82, 2.24) is 0 Å². The lowest BCUT2D eigenvalue weighted by molar-refractivity contribution is 0.104. The maximum atomic E-state index is 13.2. The number of allylic oxidation sites excluding steroid dienone is 1. The zero-order valence-corrected chi connectivity index (χ0v) is 20.7. The first-order chi connectivity index (χ1) is 16.6. The van der Waals surface area contributed by atoms with Crippen LogP contribution in [0.3, 0.4) is 0 Å². The van der Waals surface area contributed by atoms with Crippen LogP contribution in [0.1, 0.15) is 79.7 Å². The van der Waals surface area contributed by atoms with E-state index >= 15 is 0 Å². The molecule has 6 heteroatoms. The highest BCUT2D eigenvalue weighted by Crippen LogP contribution is 2.31. The van der Waals surface area contributed by atoms with Crippen molar-refractivity contribution in [3.8, 4) is 23.0 Å². The van der Waals surface area contributed by atoms with Crippen LogP contribution in [0.5, 0.6) is 23.0 Å². The average molecular weight is 469 g/mol. The van der Waals surface area contributed by atoms with Gasteiger partial charge in [-0.3, -0.25) is 9.59 Å². The van der Waals surface area contributed by atoms with Crippen LogP contribution in [-0.4, -0.2) is 38.5 Å². The number of carbonyl (C=O) groups is 2. The molecular weight excluding hydrogens is 432 g/mol. The molecule has 2 aromatic rings. The minimum absolute atomic E-state index is 0.218. The number of rotatable bonds is 16. The van der Waals surface area contributed by atoms with Gasteiger partial charge in [0.25, 0.3) is 0 Å². The van der Waals surface area contributed by atoms with Crippen molar-refractivity contribution in [2.75, 3.05) is 26.4 Å². The third-order valence-corrected chi connectivity index (χ3v) is 4.76. The molecule has 0 atom stereocenters. The molecule has 2 aromatic carbocycles. The van der Waals surface area contributed by atoms with E-state index in [1.54, 1.807) is 30.3 Å². The highest BCUT2D eigenvalue weighted by atomic mass is 16.5. The molecule has 0 heterocycles. The lowest BCUT2D eigenvalue weighted by Crippen LogP contribution is -2.05. The Kier molecular flexibility index (Phi) is 11.7. The summed E-state index contributed by atoms with van der Waals surface area (Å²) in [5.41, 5.74) is 1.51. The van der Waals surface area contributed by atoms with Gasteiger partial charge in [-0.25, -0.2) is 0 Å². The zero-order chi connectivity index (χ0) is 24.8. The highest BCUT2D eigenvalue weighted by molar-refractivity contribution is 6.09. The average Bonchev–Trinajstić information content (AvgIpc) is 2.87. The molecule has 0 fully saturated rings. The van der Waals surface area contributed by atoms with E-state index in [1.165, 1.54) is 6.08 Å². The van der Waals surface area contributed by atoms with E-state index < -0.39 is 0 Å². The van der Waals surface area contributed by atoms with Gasteiger partial charge in [-0.15, -0.1) is 0 Å². The van der Waals surface area contributed by atoms with Gasteiger partial charge in [0, 0.05) is 5.56 Å². The molecule has 0 spiro atoms. The number of hydrogen-bond acceptors (Lipinski definition) is 6. The van der Waals surface area contributed by atoms with Crippen LogP contribution in [0.4, 0.5) is 0 Å². The van der Waals surface area contributed by atoms with E-state index in [-0.39, 0.29) is 5.78 Å². The van der Waals surface area contributed by atoms with Gasteiger partial charge >= 0.3 is 0 Å². The fraction of sp³-hybridized carbons (Fsp3) is 0.429. The smallest absolute Gasteiger partial charge is 0.189 e. The Balaban J connectivity index is 2.41. The van der Waals surface area contributed by atoms with Gasteiger partial charge in [-0.1, -0.05) is 27.7 Å². The van der Waals surface area contributed by atoms with Crippen LogP contribution in [0.2, 0.25) is 0 Å². The first kappa shape index (κ1) is 27.0. The Morgan fingerprint density at radius 3 is 1.82 bits per heavy atom. The Labute approximate surface area is 202 Å². The molecule has 0 amide bonds. The summed E-state index contributed by atoms with van der Waals surface area (Å²) in [7, 11) is 0. The maximum absolute atomic E-state index is 13.2. The summed E-state index contributed by atoms with van der Waals surface area (Å²) in [4.78, 5) is 24.8. The van der Waals surface area contributed by atoms with Gasteiger partial charge in [0.2, 0.25) is 0 Å². The molecule has 0 unspecified atom stereocenters. The number of ether oxygens (including phenoxy) is 4. The number of carbonyl (C=O) groups excluding carboxylic acids is 2. The summed E-state index contributed by atoms with van der Waals surface area (Å²) in [5.74, 6) is 1.92. The Hall–Kier alpha value is -3.28. The molecule has 0 aliphatic heterocycles. The zero-order valence-electron chi connectivity index (χ0n) is 20.7. The predicted octanol–water partition coefficient (Wildman–Crippen LogP) is 6.55. The van der Waals surface area contributed by atoms with Crippen molar-refractivity contribution >= 4 is 18.1 Å². The highest BCUT2D eigenvalue weighted by Gasteiger charge is 2.14. The van der Waals surface area contributed by atoms with Crippen LogP contribution < -0.4 is 18.9 Å². The van der Waals surface area contributed by atoms with Gasteiger partial charge < -0.3 is 18.9 Å². The summed E-state index contributed by atoms with van der Waals surface area (Å²) in [5, 5.41) is 0. The molecule has 2 rings (SSSR count). The van der Waals surface area contributed by atoms with E-state index in [9.17, 15) is 9.59 Å². The maximum Gasteiger partial charge on any atom is 0.189 e. The van der Waals surface area contributed by atoms with Crippen LogP contribution in [-0.2, 0) is 0 Å². The molecule has 34 heavy (non-hydrogen) atoms. The molecule has 0 saturated heterocycles. The molecule has 6 nitrogen and oxygen atoms in total. The standard InChI is InChI=1S/C28H36O6/c1-5-13-31-23-10-12-26(32-14-6-2)24(19-23)25(30)11-9-21-17-28(34-16-8-4)22(20-29)18-27(21)33-15-7-3/h9-12,17-20H,5-8,13-16H2,1-4H3/b11-9+. The Bertz CT molecular complexity index is 964. The van der Waals surface area contributed by atoms with Crippen molar-refractivity contribution in [1.29, 1.82) is 0 Å². The fourth-order valence-corrected chi connectivity index (χ4v) is 3.09. The number of benzene rings is 2. The largest absolute Gasteiger partial charge is 0.494 e. The van der Waals surface area contributed by atoms with Gasteiger partial charge in [-0.05, 0) is 68.2 Å².